The number of carboxylic acids is 1. The molecule has 6 nitrogen and oxygen atoms in total. The first kappa shape index (κ1) is 15.5. The summed E-state index contributed by atoms with van der Waals surface area (Å²) in [5.41, 5.74) is 1.12. The van der Waals surface area contributed by atoms with Gasteiger partial charge in [-0.2, -0.15) is 0 Å². The van der Waals surface area contributed by atoms with Gasteiger partial charge in [-0.3, -0.25) is 9.78 Å². The van der Waals surface area contributed by atoms with Crippen LogP contribution in [0.1, 0.15) is 10.4 Å². The molecule has 2 N–H and O–H groups in total. The minimum atomic E-state index is -1.05. The van der Waals surface area contributed by atoms with Crippen LogP contribution in [0.2, 0.25) is 0 Å². The lowest BCUT2D eigenvalue weighted by Gasteiger charge is -2.12. The molecule has 3 rings (SSSR count). The maximum Gasteiger partial charge on any atom is 0.341 e. The number of aliphatic carboxylic acids is 1. The van der Waals surface area contributed by atoms with Crippen LogP contribution in [0.4, 0.5) is 5.69 Å². The predicted octanol–water partition coefficient (Wildman–Crippen LogP) is 2.95. The second-order valence-electron chi connectivity index (χ2n) is 5.03. The van der Waals surface area contributed by atoms with Crippen molar-refractivity contribution < 1.29 is 19.4 Å². The molecule has 0 bridgehead atoms. The summed E-state index contributed by atoms with van der Waals surface area (Å²) in [6, 6.07) is 13.9. The third kappa shape index (κ3) is 3.33. The highest BCUT2D eigenvalue weighted by atomic mass is 16.5. The van der Waals surface area contributed by atoms with Gasteiger partial charge >= 0.3 is 5.97 Å². The Morgan fingerprint density at radius 1 is 1.00 bits per heavy atom. The smallest absolute Gasteiger partial charge is 0.341 e. The van der Waals surface area contributed by atoms with Gasteiger partial charge in [-0.1, -0.05) is 24.3 Å². The van der Waals surface area contributed by atoms with Gasteiger partial charge in [0.15, 0.2) is 6.61 Å². The zero-order valence-corrected chi connectivity index (χ0v) is 12.6. The van der Waals surface area contributed by atoms with E-state index in [2.05, 4.69) is 10.3 Å². The van der Waals surface area contributed by atoms with Gasteiger partial charge < -0.3 is 15.2 Å². The highest BCUT2D eigenvalue weighted by molar-refractivity contribution is 6.10. The van der Waals surface area contributed by atoms with Crippen molar-refractivity contribution >= 4 is 28.3 Å². The fourth-order valence-corrected chi connectivity index (χ4v) is 2.34. The molecule has 0 aliphatic carbocycles. The number of ether oxygens (including phenoxy) is 1. The Labute approximate surface area is 137 Å². The van der Waals surface area contributed by atoms with E-state index in [0.29, 0.717) is 17.0 Å². The summed E-state index contributed by atoms with van der Waals surface area (Å²) in [6.07, 6.45) is 3.10. The predicted molar refractivity (Wildman–Crippen MR) is 89.3 cm³/mol. The summed E-state index contributed by atoms with van der Waals surface area (Å²) in [6.45, 7) is -0.424. The van der Waals surface area contributed by atoms with E-state index in [9.17, 15) is 9.59 Å². The highest BCUT2D eigenvalue weighted by Gasteiger charge is 2.11. The molecule has 0 spiro atoms. The molecule has 0 unspecified atom stereocenters. The van der Waals surface area contributed by atoms with Gasteiger partial charge in [-0.25, -0.2) is 4.79 Å². The van der Waals surface area contributed by atoms with Crippen molar-refractivity contribution in [2.45, 2.75) is 0 Å². The lowest BCUT2D eigenvalue weighted by Crippen LogP contribution is -2.13. The van der Waals surface area contributed by atoms with Gasteiger partial charge in [0, 0.05) is 34.4 Å². The molecule has 0 saturated heterocycles. The first-order chi connectivity index (χ1) is 11.6. The molecular formula is C18H14N2O4. The fourth-order valence-electron chi connectivity index (χ4n) is 2.34. The number of benzene rings is 2. The number of aromatic nitrogens is 1. The van der Waals surface area contributed by atoms with Crippen LogP contribution in [0.5, 0.6) is 5.75 Å². The summed E-state index contributed by atoms with van der Waals surface area (Å²) < 4.78 is 5.30. The number of carboxylic acid groups (broad SMARTS) is 1. The number of hydrogen-bond acceptors (Lipinski definition) is 4. The van der Waals surface area contributed by atoms with E-state index in [1.165, 1.54) is 0 Å². The van der Waals surface area contributed by atoms with Crippen molar-refractivity contribution in [2.75, 3.05) is 11.9 Å². The molecular weight excluding hydrogens is 308 g/mol. The lowest BCUT2D eigenvalue weighted by atomic mass is 10.1. The Morgan fingerprint density at radius 3 is 2.42 bits per heavy atom. The molecule has 120 valence electrons. The van der Waals surface area contributed by atoms with Gasteiger partial charge in [0.05, 0.1) is 0 Å². The van der Waals surface area contributed by atoms with E-state index in [0.717, 1.165) is 10.8 Å². The first-order valence-electron chi connectivity index (χ1n) is 7.23. The molecule has 6 heteroatoms. The van der Waals surface area contributed by atoms with Crippen LogP contribution < -0.4 is 10.1 Å². The van der Waals surface area contributed by atoms with Crippen molar-refractivity contribution in [3.05, 3.63) is 66.5 Å². The van der Waals surface area contributed by atoms with Gasteiger partial charge in [0.25, 0.3) is 5.91 Å². The summed E-state index contributed by atoms with van der Waals surface area (Å²) >= 11 is 0. The van der Waals surface area contributed by atoms with Crippen LogP contribution in [-0.2, 0) is 4.79 Å². The third-order valence-corrected chi connectivity index (χ3v) is 3.43. The standard InChI is InChI=1S/C18H14N2O4/c21-17(22)11-24-16-6-5-15(13-3-1-2-4-14(13)16)20-18(23)12-7-9-19-10-8-12/h1-10H,11H2,(H,20,23)(H,21,22). The van der Waals surface area contributed by atoms with Crippen LogP contribution in [0.3, 0.4) is 0 Å². The molecule has 1 heterocycles. The third-order valence-electron chi connectivity index (χ3n) is 3.43. The van der Waals surface area contributed by atoms with Crippen LogP contribution in [0.25, 0.3) is 10.8 Å². The zero-order valence-electron chi connectivity index (χ0n) is 12.6. The second kappa shape index (κ2) is 6.78. The molecule has 0 aliphatic rings. The molecule has 0 aliphatic heterocycles. The van der Waals surface area contributed by atoms with Crippen LogP contribution in [0.15, 0.2) is 60.9 Å². The Morgan fingerprint density at radius 2 is 1.71 bits per heavy atom. The van der Waals surface area contributed by atoms with Gasteiger partial charge in [0.2, 0.25) is 0 Å². The topological polar surface area (TPSA) is 88.5 Å². The molecule has 3 aromatic rings. The van der Waals surface area contributed by atoms with E-state index in [4.69, 9.17) is 9.84 Å². The minimum absolute atomic E-state index is 0.248. The molecule has 1 aromatic heterocycles. The fraction of sp³-hybridized carbons (Fsp3) is 0.0556. The SMILES string of the molecule is O=C(O)COc1ccc(NC(=O)c2ccncc2)c2ccccc12. The summed E-state index contributed by atoms with van der Waals surface area (Å²) in [4.78, 5) is 26.9. The van der Waals surface area contributed by atoms with E-state index < -0.39 is 12.6 Å². The number of nitrogens with zero attached hydrogens (tertiary/aromatic N) is 1. The monoisotopic (exact) mass is 322 g/mol. The normalized spacial score (nSPS) is 10.3. The number of anilines is 1. The summed E-state index contributed by atoms with van der Waals surface area (Å²) in [7, 11) is 0. The maximum atomic E-state index is 12.3. The van der Waals surface area contributed by atoms with Crippen LogP contribution in [0, 0.1) is 0 Å². The Bertz CT molecular complexity index is 894. The Balaban J connectivity index is 1.93. The molecule has 0 radical (unpaired) electrons. The molecule has 0 saturated carbocycles. The van der Waals surface area contributed by atoms with E-state index in [1.807, 2.05) is 24.3 Å². The number of rotatable bonds is 5. The first-order valence-corrected chi connectivity index (χ1v) is 7.23. The molecule has 0 atom stereocenters. The van der Waals surface area contributed by atoms with Crippen molar-refractivity contribution in [3.63, 3.8) is 0 Å². The largest absolute Gasteiger partial charge is 0.481 e. The Hall–Kier alpha value is -3.41. The van der Waals surface area contributed by atoms with Crippen LogP contribution in [-0.4, -0.2) is 28.6 Å². The molecule has 0 fully saturated rings. The number of carbonyl (C=O) groups is 2. The number of amides is 1. The number of hydrogen-bond donors (Lipinski definition) is 2. The molecule has 1 amide bonds. The number of nitrogens with one attached hydrogen (secondary N) is 1. The van der Waals surface area contributed by atoms with E-state index >= 15 is 0 Å². The average molecular weight is 322 g/mol. The van der Waals surface area contributed by atoms with E-state index in [-0.39, 0.29) is 5.91 Å². The van der Waals surface area contributed by atoms with Gasteiger partial charge in [0.1, 0.15) is 5.75 Å². The van der Waals surface area contributed by atoms with E-state index in [1.54, 1.807) is 36.7 Å². The number of fused-ring (bicyclic) bond motifs is 1. The van der Waals surface area contributed by atoms with Gasteiger partial charge in [-0.05, 0) is 24.3 Å². The summed E-state index contributed by atoms with van der Waals surface area (Å²) in [5.74, 6) is -0.842. The molecule has 2 aromatic carbocycles. The maximum absolute atomic E-state index is 12.3. The van der Waals surface area contributed by atoms with Gasteiger partial charge in [-0.15, -0.1) is 0 Å². The second-order valence-corrected chi connectivity index (χ2v) is 5.03. The van der Waals surface area contributed by atoms with Crippen molar-refractivity contribution in [2.24, 2.45) is 0 Å². The van der Waals surface area contributed by atoms with Crippen LogP contribution >= 0.6 is 0 Å². The van der Waals surface area contributed by atoms with Crippen molar-refractivity contribution in [3.8, 4) is 5.75 Å². The van der Waals surface area contributed by atoms with Crippen molar-refractivity contribution in [1.82, 2.24) is 4.98 Å². The number of pyridine rings is 1. The average Bonchev–Trinajstić information content (AvgIpc) is 2.61. The minimum Gasteiger partial charge on any atom is -0.481 e. The van der Waals surface area contributed by atoms with Crippen molar-refractivity contribution in [1.29, 1.82) is 0 Å². The number of carbonyl (C=O) groups excluding carboxylic acids is 1. The highest BCUT2D eigenvalue weighted by Crippen LogP contribution is 2.31. The lowest BCUT2D eigenvalue weighted by molar-refractivity contribution is -0.139. The quantitative estimate of drug-likeness (QED) is 0.754. The zero-order chi connectivity index (χ0) is 16.9. The summed E-state index contributed by atoms with van der Waals surface area (Å²) in [5, 5.41) is 13.1. The molecule has 24 heavy (non-hydrogen) atoms. The Kier molecular flexibility index (Phi) is 4.38.